The van der Waals surface area contributed by atoms with Gasteiger partial charge < -0.3 is 8.99 Å². The van der Waals surface area contributed by atoms with Crippen molar-refractivity contribution in [2.75, 3.05) is 6.26 Å². The van der Waals surface area contributed by atoms with Crippen LogP contribution in [-0.4, -0.2) is 6.26 Å². The van der Waals surface area contributed by atoms with Gasteiger partial charge in [-0.3, -0.25) is 0 Å². The van der Waals surface area contributed by atoms with Crippen molar-refractivity contribution in [1.29, 1.82) is 4.78 Å². The lowest BCUT2D eigenvalue weighted by molar-refractivity contribution is 0.602. The monoisotopic (exact) mass is 78.0 g/mol. The van der Waals surface area contributed by atoms with Gasteiger partial charge in [0, 0.05) is 0 Å². The van der Waals surface area contributed by atoms with Crippen LogP contribution in [0.2, 0.25) is 0 Å². The number of rotatable bonds is 0. The second-order valence-corrected chi connectivity index (χ2v) is 1.36. The van der Waals surface area contributed by atoms with Crippen molar-refractivity contribution >= 4 is 10.6 Å². The SMILES string of the molecule is C[S-](=N)=O. The van der Waals surface area contributed by atoms with Crippen LogP contribution in [-0.2, 0) is 14.8 Å². The molecule has 0 unspecified atom stereocenters. The Hall–Kier alpha value is -0.0500. The molecule has 0 aliphatic rings. The molecule has 0 saturated heterocycles. The van der Waals surface area contributed by atoms with E-state index < -0.39 is 10.6 Å². The highest BCUT2D eigenvalue weighted by Gasteiger charge is 1.19. The molecule has 0 heterocycles. The molecule has 0 aromatic heterocycles. The van der Waals surface area contributed by atoms with Crippen molar-refractivity contribution in [3.05, 3.63) is 0 Å². The van der Waals surface area contributed by atoms with E-state index >= 15 is 0 Å². The van der Waals surface area contributed by atoms with Crippen LogP contribution < -0.4 is 0 Å². The molecule has 26 valence electrons. The summed E-state index contributed by atoms with van der Waals surface area (Å²) in [6.07, 6.45) is 1.31. The second kappa shape index (κ2) is 1.29. The Morgan fingerprint density at radius 2 is 2.00 bits per heavy atom. The van der Waals surface area contributed by atoms with Gasteiger partial charge in [0.2, 0.25) is 0 Å². The predicted octanol–water partition coefficient (Wildman–Crippen LogP) is 0.342. The molecule has 0 aliphatic heterocycles. The summed E-state index contributed by atoms with van der Waals surface area (Å²) in [5, 5.41) is 0. The summed E-state index contributed by atoms with van der Waals surface area (Å²) in [7, 11) is -1.36. The van der Waals surface area contributed by atoms with Gasteiger partial charge in [-0.05, 0) is 0 Å². The van der Waals surface area contributed by atoms with Crippen LogP contribution in [0.3, 0.4) is 0 Å². The van der Waals surface area contributed by atoms with E-state index in [1.165, 1.54) is 6.26 Å². The molecule has 0 atom stereocenters. The third-order valence-corrected chi connectivity index (χ3v) is 0. The van der Waals surface area contributed by atoms with E-state index in [1.807, 2.05) is 0 Å². The molecule has 4 heavy (non-hydrogen) atoms. The molecule has 1 N–H and O–H groups in total. The lowest BCUT2D eigenvalue weighted by Crippen LogP contribution is -1.48. The van der Waals surface area contributed by atoms with Gasteiger partial charge in [-0.1, -0.05) is 0 Å². The predicted molar refractivity (Wildman–Crippen MR) is 16.7 cm³/mol. The largest absolute Gasteiger partial charge is 0.445 e. The van der Waals surface area contributed by atoms with Gasteiger partial charge in [0.15, 0.2) is 0 Å². The topological polar surface area (TPSA) is 40.9 Å². The van der Waals surface area contributed by atoms with Gasteiger partial charge in [-0.2, -0.15) is 10.6 Å². The van der Waals surface area contributed by atoms with Gasteiger partial charge in [0.25, 0.3) is 0 Å². The molecular weight excluding hydrogens is 74.1 g/mol. The second-order valence-electron chi connectivity index (χ2n) is 0.454. The standard InChI is InChI=1S/CH4NOS/c1-4(2)3/h2H,1H3/q-1. The van der Waals surface area contributed by atoms with Crippen molar-refractivity contribution in [3.63, 3.8) is 0 Å². The highest BCUT2D eigenvalue weighted by molar-refractivity contribution is 7.72. The van der Waals surface area contributed by atoms with Crippen LogP contribution in [0.25, 0.3) is 0 Å². The summed E-state index contributed by atoms with van der Waals surface area (Å²) in [5.74, 6) is 0. The number of nitrogens with one attached hydrogen (secondary N) is 1. The number of hydrogen-bond acceptors (Lipinski definition) is 3. The third kappa shape index (κ3) is 704. The highest BCUT2D eigenvalue weighted by atomic mass is 32.2. The van der Waals surface area contributed by atoms with Gasteiger partial charge in [0.05, 0.1) is 0 Å². The first-order valence-corrected chi connectivity index (χ1v) is 2.34. The maximum Gasteiger partial charge on any atom is -0.103 e. The van der Waals surface area contributed by atoms with Crippen molar-refractivity contribution in [2.45, 2.75) is 0 Å². The van der Waals surface area contributed by atoms with E-state index in [9.17, 15) is 4.21 Å². The van der Waals surface area contributed by atoms with E-state index in [2.05, 4.69) is 0 Å². The van der Waals surface area contributed by atoms with Crippen LogP contribution >= 0.6 is 0 Å². The Morgan fingerprint density at radius 1 is 2.00 bits per heavy atom. The lowest BCUT2D eigenvalue weighted by atomic mass is 12.0. The zero-order valence-electron chi connectivity index (χ0n) is 2.32. The smallest absolute Gasteiger partial charge is 0.103 e. The zero-order chi connectivity index (χ0) is 3.58. The summed E-state index contributed by atoms with van der Waals surface area (Å²) < 4.78 is 15.3. The average Bonchev–Trinajstić information content (AvgIpc) is 0.811. The fraction of sp³-hybridized carbons (Fsp3) is 1.00. The molecule has 0 fully saturated rings. The van der Waals surface area contributed by atoms with E-state index in [4.69, 9.17) is 4.78 Å². The Labute approximate surface area is 26.8 Å². The molecule has 0 bridgehead atoms. The lowest BCUT2D eigenvalue weighted by Gasteiger charge is -1.66. The molecule has 0 radical (unpaired) electrons. The summed E-state index contributed by atoms with van der Waals surface area (Å²) >= 11 is 0. The summed E-state index contributed by atoms with van der Waals surface area (Å²) in [4.78, 5) is 0. The zero-order valence-corrected chi connectivity index (χ0v) is 3.13. The summed E-state index contributed by atoms with van der Waals surface area (Å²) in [6.45, 7) is 0. The van der Waals surface area contributed by atoms with Crippen molar-refractivity contribution < 1.29 is 4.21 Å². The van der Waals surface area contributed by atoms with E-state index in [0.29, 0.717) is 0 Å². The molecule has 0 aliphatic carbocycles. The molecule has 0 aromatic carbocycles. The van der Waals surface area contributed by atoms with Gasteiger partial charge >= 0.3 is 0 Å². The maximum atomic E-state index is 9.22. The fourth-order valence-corrected chi connectivity index (χ4v) is 0. The Morgan fingerprint density at radius 3 is 2.00 bits per heavy atom. The van der Waals surface area contributed by atoms with Crippen LogP contribution in [0.15, 0.2) is 0 Å². The third-order valence-electron chi connectivity index (χ3n) is 0. The van der Waals surface area contributed by atoms with E-state index in [1.54, 1.807) is 0 Å². The minimum Gasteiger partial charge on any atom is -0.445 e. The molecule has 0 saturated carbocycles. The Balaban J connectivity index is 3.51. The molecule has 2 nitrogen and oxygen atoms in total. The molecule has 0 spiro atoms. The van der Waals surface area contributed by atoms with Crippen molar-refractivity contribution in [3.8, 4) is 0 Å². The van der Waals surface area contributed by atoms with Crippen LogP contribution in [0.5, 0.6) is 0 Å². The minimum atomic E-state index is -1.36. The first kappa shape index (κ1) is 3.95. The van der Waals surface area contributed by atoms with Gasteiger partial charge in [-0.25, -0.2) is 0 Å². The maximum absolute atomic E-state index is 9.22. The minimum absolute atomic E-state index is 1.31. The Bertz CT molecular complexity index is 56.4. The van der Waals surface area contributed by atoms with E-state index in [0.717, 1.165) is 0 Å². The molecule has 0 rings (SSSR count). The van der Waals surface area contributed by atoms with Crippen LogP contribution in [0.1, 0.15) is 0 Å². The van der Waals surface area contributed by atoms with Crippen molar-refractivity contribution in [2.24, 2.45) is 0 Å². The molecule has 0 aromatic rings. The Kier molecular flexibility index (Phi) is 1.27. The first-order valence-electron chi connectivity index (χ1n) is 0.779. The highest BCUT2D eigenvalue weighted by Crippen LogP contribution is 1.36. The van der Waals surface area contributed by atoms with Gasteiger partial charge in [-0.15, -0.1) is 6.26 Å². The quantitative estimate of drug-likeness (QED) is 0.417. The summed E-state index contributed by atoms with van der Waals surface area (Å²) in [5.41, 5.74) is 0. The molecule has 0 amide bonds. The average molecular weight is 78.1 g/mol. The van der Waals surface area contributed by atoms with Gasteiger partial charge in [0.1, 0.15) is 0 Å². The van der Waals surface area contributed by atoms with Crippen LogP contribution in [0, 0.1) is 4.78 Å². The molecular formula is CH4NOS-. The van der Waals surface area contributed by atoms with Crippen molar-refractivity contribution in [1.82, 2.24) is 0 Å². The van der Waals surface area contributed by atoms with Crippen LogP contribution in [0.4, 0.5) is 0 Å². The first-order chi connectivity index (χ1) is 1.73. The normalized spacial score (nSPS) is 8.50. The summed E-state index contributed by atoms with van der Waals surface area (Å²) in [6, 6.07) is 0. The number of hydrogen-bond donors (Lipinski definition) is 1. The fourth-order valence-electron chi connectivity index (χ4n) is 0. The molecule has 3 heteroatoms. The van der Waals surface area contributed by atoms with E-state index in [-0.39, 0.29) is 0 Å².